The number of aliphatic hydroxyl groups excluding tert-OH is 1. The van der Waals surface area contributed by atoms with E-state index in [1.54, 1.807) is 0 Å². The molecule has 0 aromatic heterocycles. The van der Waals surface area contributed by atoms with Gasteiger partial charge in [-0.05, 0) is 11.1 Å². The molecule has 1 aliphatic carbocycles. The standard InChI is InChI=1S/C9H9NO2/c11-9-7-4-2-1-3-6(7)5-8(9)10-12/h1-4,9,11-12H,5H2. The zero-order valence-corrected chi connectivity index (χ0v) is 6.44. The normalized spacial score (nSPS) is 24.4. The summed E-state index contributed by atoms with van der Waals surface area (Å²) in [4.78, 5) is 0. The van der Waals surface area contributed by atoms with Crippen LogP contribution in [0.5, 0.6) is 0 Å². The van der Waals surface area contributed by atoms with Crippen LogP contribution < -0.4 is 0 Å². The fourth-order valence-electron chi connectivity index (χ4n) is 1.52. The summed E-state index contributed by atoms with van der Waals surface area (Å²) in [5.41, 5.74) is 2.32. The Hall–Kier alpha value is -1.35. The van der Waals surface area contributed by atoms with Crippen molar-refractivity contribution in [2.45, 2.75) is 12.5 Å². The van der Waals surface area contributed by atoms with Gasteiger partial charge in [0, 0.05) is 6.42 Å². The van der Waals surface area contributed by atoms with E-state index in [9.17, 15) is 5.11 Å². The maximum absolute atomic E-state index is 9.55. The van der Waals surface area contributed by atoms with Gasteiger partial charge in [-0.2, -0.15) is 0 Å². The molecule has 0 bridgehead atoms. The first-order chi connectivity index (χ1) is 5.83. The van der Waals surface area contributed by atoms with Gasteiger partial charge in [-0.1, -0.05) is 29.4 Å². The molecule has 0 saturated carbocycles. The van der Waals surface area contributed by atoms with E-state index in [-0.39, 0.29) is 0 Å². The molecule has 1 unspecified atom stereocenters. The van der Waals surface area contributed by atoms with Crippen LogP contribution in [0.15, 0.2) is 29.4 Å². The van der Waals surface area contributed by atoms with Crippen LogP contribution in [0.25, 0.3) is 0 Å². The lowest BCUT2D eigenvalue weighted by molar-refractivity contribution is 0.238. The number of rotatable bonds is 0. The van der Waals surface area contributed by atoms with Crippen molar-refractivity contribution in [2.24, 2.45) is 5.16 Å². The number of hydrogen-bond acceptors (Lipinski definition) is 3. The lowest BCUT2D eigenvalue weighted by Gasteiger charge is -2.01. The third-order valence-electron chi connectivity index (χ3n) is 2.17. The second-order valence-electron chi connectivity index (χ2n) is 2.87. The summed E-state index contributed by atoms with van der Waals surface area (Å²) >= 11 is 0. The van der Waals surface area contributed by atoms with Gasteiger partial charge in [-0.25, -0.2) is 0 Å². The van der Waals surface area contributed by atoms with E-state index in [0.29, 0.717) is 12.1 Å². The summed E-state index contributed by atoms with van der Waals surface area (Å²) in [5, 5.41) is 21.1. The number of benzene rings is 1. The molecule has 62 valence electrons. The van der Waals surface area contributed by atoms with E-state index < -0.39 is 6.10 Å². The van der Waals surface area contributed by atoms with Crippen molar-refractivity contribution in [3.8, 4) is 0 Å². The van der Waals surface area contributed by atoms with Gasteiger partial charge < -0.3 is 10.3 Å². The van der Waals surface area contributed by atoms with Crippen molar-refractivity contribution < 1.29 is 10.3 Å². The Labute approximate surface area is 70.0 Å². The molecule has 1 aromatic rings. The topological polar surface area (TPSA) is 52.8 Å². The summed E-state index contributed by atoms with van der Waals surface area (Å²) < 4.78 is 0. The van der Waals surface area contributed by atoms with E-state index in [1.165, 1.54) is 0 Å². The molecular weight excluding hydrogens is 154 g/mol. The Morgan fingerprint density at radius 1 is 1.33 bits per heavy atom. The Balaban J connectivity index is 2.49. The van der Waals surface area contributed by atoms with Crippen LogP contribution in [0, 0.1) is 0 Å². The third kappa shape index (κ3) is 0.905. The highest BCUT2D eigenvalue weighted by Gasteiger charge is 2.26. The van der Waals surface area contributed by atoms with Gasteiger partial charge in [0.25, 0.3) is 0 Å². The van der Waals surface area contributed by atoms with Gasteiger partial charge in [0.15, 0.2) is 0 Å². The van der Waals surface area contributed by atoms with Crippen LogP contribution in [0.1, 0.15) is 17.2 Å². The first kappa shape index (κ1) is 7.31. The van der Waals surface area contributed by atoms with E-state index in [4.69, 9.17) is 5.21 Å². The molecule has 3 heteroatoms. The van der Waals surface area contributed by atoms with E-state index in [1.807, 2.05) is 24.3 Å². The quantitative estimate of drug-likeness (QED) is 0.444. The van der Waals surface area contributed by atoms with Gasteiger partial charge in [0.05, 0.1) is 5.71 Å². The summed E-state index contributed by atoms with van der Waals surface area (Å²) in [6, 6.07) is 7.54. The molecule has 3 nitrogen and oxygen atoms in total. The zero-order valence-electron chi connectivity index (χ0n) is 6.44. The lowest BCUT2D eigenvalue weighted by atomic mass is 10.1. The summed E-state index contributed by atoms with van der Waals surface area (Å²) in [6.07, 6.45) is -0.167. The van der Waals surface area contributed by atoms with Crippen LogP contribution >= 0.6 is 0 Å². The van der Waals surface area contributed by atoms with Crippen molar-refractivity contribution >= 4 is 5.71 Å². The third-order valence-corrected chi connectivity index (χ3v) is 2.17. The second-order valence-corrected chi connectivity index (χ2v) is 2.87. The largest absolute Gasteiger partial charge is 0.411 e. The molecule has 0 aliphatic heterocycles. The van der Waals surface area contributed by atoms with E-state index in [2.05, 4.69) is 5.16 Å². The van der Waals surface area contributed by atoms with Crippen molar-refractivity contribution in [1.82, 2.24) is 0 Å². The average molecular weight is 163 g/mol. The number of fused-ring (bicyclic) bond motifs is 1. The van der Waals surface area contributed by atoms with E-state index in [0.717, 1.165) is 11.1 Å². The minimum absolute atomic E-state index is 0.427. The number of oxime groups is 1. The minimum Gasteiger partial charge on any atom is -0.411 e. The molecule has 0 fully saturated rings. The molecule has 0 radical (unpaired) electrons. The summed E-state index contributed by atoms with van der Waals surface area (Å²) in [6.45, 7) is 0. The highest BCUT2D eigenvalue weighted by atomic mass is 16.4. The smallest absolute Gasteiger partial charge is 0.121 e. The molecular formula is C9H9NO2. The van der Waals surface area contributed by atoms with Crippen molar-refractivity contribution in [2.75, 3.05) is 0 Å². The highest BCUT2D eigenvalue weighted by molar-refractivity contribution is 5.95. The Morgan fingerprint density at radius 2 is 2.08 bits per heavy atom. The molecule has 0 amide bonds. The van der Waals surface area contributed by atoms with E-state index >= 15 is 0 Å². The van der Waals surface area contributed by atoms with Crippen molar-refractivity contribution in [1.29, 1.82) is 0 Å². The van der Waals surface area contributed by atoms with Gasteiger partial charge in [-0.3, -0.25) is 0 Å². The van der Waals surface area contributed by atoms with Crippen molar-refractivity contribution in [3.63, 3.8) is 0 Å². The SMILES string of the molecule is ON=C1Cc2ccccc2C1O. The first-order valence-electron chi connectivity index (χ1n) is 3.79. The predicted molar refractivity (Wildman–Crippen MR) is 44.3 cm³/mol. The fraction of sp³-hybridized carbons (Fsp3) is 0.222. The van der Waals surface area contributed by atoms with Crippen LogP contribution in [0.2, 0.25) is 0 Å². The number of hydrogen-bond donors (Lipinski definition) is 2. The maximum Gasteiger partial charge on any atom is 0.121 e. The molecule has 0 saturated heterocycles. The minimum atomic E-state index is -0.716. The second kappa shape index (κ2) is 2.60. The molecule has 0 spiro atoms. The maximum atomic E-state index is 9.55. The fourth-order valence-corrected chi connectivity index (χ4v) is 1.52. The molecule has 1 aromatic carbocycles. The van der Waals surface area contributed by atoms with Crippen molar-refractivity contribution in [3.05, 3.63) is 35.4 Å². The first-order valence-corrected chi connectivity index (χ1v) is 3.79. The van der Waals surface area contributed by atoms with Crippen LogP contribution in [0.3, 0.4) is 0 Å². The molecule has 2 N–H and O–H groups in total. The van der Waals surface area contributed by atoms with Crippen LogP contribution in [-0.2, 0) is 6.42 Å². The van der Waals surface area contributed by atoms with Gasteiger partial charge in [-0.15, -0.1) is 0 Å². The van der Waals surface area contributed by atoms with Gasteiger partial charge in [0.2, 0.25) is 0 Å². The molecule has 2 rings (SSSR count). The zero-order chi connectivity index (χ0) is 8.55. The molecule has 0 heterocycles. The molecule has 1 atom stereocenters. The number of nitrogens with zero attached hydrogens (tertiary/aromatic N) is 1. The molecule has 1 aliphatic rings. The van der Waals surface area contributed by atoms with Gasteiger partial charge in [0.1, 0.15) is 6.10 Å². The monoisotopic (exact) mass is 163 g/mol. The van der Waals surface area contributed by atoms with Gasteiger partial charge >= 0.3 is 0 Å². The lowest BCUT2D eigenvalue weighted by Crippen LogP contribution is -2.04. The predicted octanol–water partition coefficient (Wildman–Crippen LogP) is 1.11. The van der Waals surface area contributed by atoms with Crippen LogP contribution in [-0.4, -0.2) is 16.0 Å². The Morgan fingerprint density at radius 3 is 2.75 bits per heavy atom. The number of aliphatic hydroxyl groups is 1. The Bertz CT molecular complexity index is 333. The summed E-state index contributed by atoms with van der Waals surface area (Å²) in [5.74, 6) is 0. The van der Waals surface area contributed by atoms with Crippen LogP contribution in [0.4, 0.5) is 0 Å². The average Bonchev–Trinajstić information content (AvgIpc) is 2.44. The Kier molecular flexibility index (Phi) is 1.59. The highest BCUT2D eigenvalue weighted by Crippen LogP contribution is 2.28. The summed E-state index contributed by atoms with van der Waals surface area (Å²) in [7, 11) is 0. The molecule has 12 heavy (non-hydrogen) atoms.